The molecule has 0 aromatic heterocycles. The maximum Gasteiger partial charge on any atom is 0.305 e. The molecule has 2 atom stereocenters. The summed E-state index contributed by atoms with van der Waals surface area (Å²) in [6.07, 6.45) is 0.612. The summed E-state index contributed by atoms with van der Waals surface area (Å²) < 4.78 is 18.8. The lowest BCUT2D eigenvalue weighted by atomic mass is 9.79. The van der Waals surface area contributed by atoms with Crippen LogP contribution in [0.4, 0.5) is 10.1 Å². The molecule has 2 unspecified atom stereocenters. The summed E-state index contributed by atoms with van der Waals surface area (Å²) in [4.78, 5) is 25.8. The fraction of sp³-hybridized carbons (Fsp3) is 0.263. The van der Waals surface area contributed by atoms with Gasteiger partial charge in [0.1, 0.15) is 5.82 Å². The molecule has 2 aromatic carbocycles. The van der Waals surface area contributed by atoms with Gasteiger partial charge in [-0.25, -0.2) is 4.39 Å². The van der Waals surface area contributed by atoms with Gasteiger partial charge in [-0.2, -0.15) is 0 Å². The number of carbonyl (C=O) groups is 2. The van der Waals surface area contributed by atoms with Crippen LogP contribution in [0.15, 0.2) is 53.0 Å². The third-order valence-electron chi connectivity index (χ3n) is 4.42. The van der Waals surface area contributed by atoms with Crippen LogP contribution in [0.5, 0.6) is 0 Å². The van der Waals surface area contributed by atoms with Crippen molar-refractivity contribution in [3.8, 4) is 0 Å². The molecule has 2 aromatic rings. The van der Waals surface area contributed by atoms with Crippen LogP contribution < -0.4 is 4.90 Å². The molecule has 1 aliphatic heterocycles. The van der Waals surface area contributed by atoms with Crippen molar-refractivity contribution in [3.63, 3.8) is 0 Å². The van der Waals surface area contributed by atoms with Gasteiger partial charge < -0.3 is 9.64 Å². The van der Waals surface area contributed by atoms with Crippen molar-refractivity contribution in [2.75, 3.05) is 12.0 Å². The van der Waals surface area contributed by atoms with Gasteiger partial charge >= 0.3 is 5.97 Å². The molecule has 1 aliphatic rings. The lowest BCUT2D eigenvalue weighted by Crippen LogP contribution is -2.55. The highest BCUT2D eigenvalue weighted by Gasteiger charge is 2.48. The number of rotatable bonds is 5. The number of hydrogen-bond donors (Lipinski definition) is 0. The van der Waals surface area contributed by atoms with Crippen LogP contribution in [-0.4, -0.2) is 19.0 Å². The number of ether oxygens (including phenoxy) is 1. The first-order chi connectivity index (χ1) is 12.0. The van der Waals surface area contributed by atoms with Gasteiger partial charge in [-0.1, -0.05) is 28.1 Å². The van der Waals surface area contributed by atoms with E-state index in [9.17, 15) is 14.0 Å². The lowest BCUT2D eigenvalue weighted by Gasteiger charge is -2.47. The number of esters is 1. The van der Waals surface area contributed by atoms with Crippen molar-refractivity contribution in [2.45, 2.75) is 18.9 Å². The van der Waals surface area contributed by atoms with Crippen molar-refractivity contribution in [1.82, 2.24) is 0 Å². The number of carbonyl (C=O) groups excluding carboxylic acids is 2. The summed E-state index contributed by atoms with van der Waals surface area (Å²) >= 11 is 3.41. The third kappa shape index (κ3) is 3.58. The Hall–Kier alpha value is -2.21. The number of methoxy groups -OCH3 is 1. The summed E-state index contributed by atoms with van der Waals surface area (Å²) in [5.41, 5.74) is 1.62. The summed E-state index contributed by atoms with van der Waals surface area (Å²) in [7, 11) is 1.34. The Morgan fingerprint density at radius 3 is 2.40 bits per heavy atom. The molecule has 0 bridgehead atoms. The summed E-state index contributed by atoms with van der Waals surface area (Å²) in [6.45, 7) is 0. The molecule has 1 heterocycles. The largest absolute Gasteiger partial charge is 0.469 e. The van der Waals surface area contributed by atoms with E-state index in [0.717, 1.165) is 10.0 Å². The van der Waals surface area contributed by atoms with Gasteiger partial charge in [0.2, 0.25) is 5.91 Å². The number of anilines is 1. The minimum absolute atomic E-state index is 0.0663. The minimum atomic E-state index is -0.348. The Labute approximate surface area is 153 Å². The standard InChI is InChI=1S/C19H17BrFNO3/c1-25-17(23)11-10-16-18(12-2-4-13(20)5-3-12)22(19(16)24)15-8-6-14(21)7-9-15/h2-9,16,18H,10-11H2,1H3. The normalized spacial score (nSPS) is 19.5. The van der Waals surface area contributed by atoms with Gasteiger partial charge in [-0.3, -0.25) is 9.59 Å². The molecule has 0 aliphatic carbocycles. The van der Waals surface area contributed by atoms with Crippen LogP contribution >= 0.6 is 15.9 Å². The molecule has 0 spiro atoms. The van der Waals surface area contributed by atoms with Gasteiger partial charge in [0.05, 0.1) is 19.1 Å². The smallest absolute Gasteiger partial charge is 0.305 e. The highest BCUT2D eigenvalue weighted by atomic mass is 79.9. The van der Waals surface area contributed by atoms with E-state index in [4.69, 9.17) is 0 Å². The summed E-state index contributed by atoms with van der Waals surface area (Å²) in [6, 6.07) is 13.4. The molecular formula is C19H17BrFNO3. The third-order valence-corrected chi connectivity index (χ3v) is 4.95. The van der Waals surface area contributed by atoms with Crippen LogP contribution in [0, 0.1) is 11.7 Å². The molecule has 1 amide bonds. The molecule has 3 rings (SSSR count). The molecule has 0 saturated carbocycles. The van der Waals surface area contributed by atoms with Gasteiger partial charge in [0.15, 0.2) is 0 Å². The molecule has 25 heavy (non-hydrogen) atoms. The first kappa shape index (κ1) is 17.6. The second-order valence-electron chi connectivity index (χ2n) is 5.90. The van der Waals surface area contributed by atoms with Crippen molar-refractivity contribution >= 4 is 33.5 Å². The van der Waals surface area contributed by atoms with E-state index in [1.54, 1.807) is 17.0 Å². The van der Waals surface area contributed by atoms with Crippen molar-refractivity contribution in [2.24, 2.45) is 5.92 Å². The molecule has 1 fully saturated rings. The van der Waals surface area contributed by atoms with Crippen molar-refractivity contribution in [3.05, 3.63) is 64.4 Å². The van der Waals surface area contributed by atoms with Crippen molar-refractivity contribution < 1.29 is 18.7 Å². The van der Waals surface area contributed by atoms with E-state index in [-0.39, 0.29) is 36.1 Å². The number of β-lactam (4-membered cyclic amide) rings is 1. The van der Waals surface area contributed by atoms with E-state index >= 15 is 0 Å². The number of hydrogen-bond acceptors (Lipinski definition) is 3. The highest BCUT2D eigenvalue weighted by Crippen LogP contribution is 2.45. The summed E-state index contributed by atoms with van der Waals surface area (Å²) in [5, 5.41) is 0. The predicted molar refractivity (Wildman–Crippen MR) is 95.5 cm³/mol. The van der Waals surface area contributed by atoms with Crippen LogP contribution in [0.2, 0.25) is 0 Å². The Morgan fingerprint density at radius 2 is 1.80 bits per heavy atom. The lowest BCUT2D eigenvalue weighted by molar-refractivity contribution is -0.141. The van der Waals surface area contributed by atoms with E-state index in [0.29, 0.717) is 12.1 Å². The second-order valence-corrected chi connectivity index (χ2v) is 6.82. The molecule has 130 valence electrons. The fourth-order valence-electron chi connectivity index (χ4n) is 3.14. The molecular weight excluding hydrogens is 389 g/mol. The SMILES string of the molecule is COC(=O)CCC1C(=O)N(c2ccc(F)cc2)C1c1ccc(Br)cc1. The molecule has 0 radical (unpaired) electrons. The van der Waals surface area contributed by atoms with Crippen molar-refractivity contribution in [1.29, 1.82) is 0 Å². The van der Waals surface area contributed by atoms with E-state index in [1.165, 1.54) is 19.2 Å². The topological polar surface area (TPSA) is 46.6 Å². The molecule has 1 saturated heterocycles. The zero-order chi connectivity index (χ0) is 18.0. The average Bonchev–Trinajstić information content (AvgIpc) is 2.62. The Kier molecular flexibility index (Phi) is 5.18. The molecule has 6 heteroatoms. The van der Waals surface area contributed by atoms with Crippen LogP contribution in [0.3, 0.4) is 0 Å². The zero-order valence-electron chi connectivity index (χ0n) is 13.6. The number of amides is 1. The van der Waals surface area contributed by atoms with Gasteiger partial charge in [-0.15, -0.1) is 0 Å². The first-order valence-corrected chi connectivity index (χ1v) is 8.71. The van der Waals surface area contributed by atoms with Crippen LogP contribution in [0.1, 0.15) is 24.4 Å². The highest BCUT2D eigenvalue weighted by molar-refractivity contribution is 9.10. The molecule has 4 nitrogen and oxygen atoms in total. The Balaban J connectivity index is 1.88. The minimum Gasteiger partial charge on any atom is -0.469 e. The van der Waals surface area contributed by atoms with E-state index < -0.39 is 0 Å². The van der Waals surface area contributed by atoms with E-state index in [1.807, 2.05) is 24.3 Å². The maximum absolute atomic E-state index is 13.2. The Bertz CT molecular complexity index is 776. The van der Waals surface area contributed by atoms with Crippen LogP contribution in [0.25, 0.3) is 0 Å². The Morgan fingerprint density at radius 1 is 1.16 bits per heavy atom. The van der Waals surface area contributed by atoms with Gasteiger partial charge in [-0.05, 0) is 48.4 Å². The average molecular weight is 406 g/mol. The van der Waals surface area contributed by atoms with Gasteiger partial charge in [0, 0.05) is 16.6 Å². The quantitative estimate of drug-likeness (QED) is 0.551. The predicted octanol–water partition coefficient (Wildman–Crippen LogP) is 4.25. The maximum atomic E-state index is 13.2. The monoisotopic (exact) mass is 405 g/mol. The van der Waals surface area contributed by atoms with E-state index in [2.05, 4.69) is 20.7 Å². The summed E-state index contributed by atoms with van der Waals surface area (Å²) in [5.74, 6) is -1.05. The number of halogens is 2. The second kappa shape index (κ2) is 7.35. The zero-order valence-corrected chi connectivity index (χ0v) is 15.2. The number of nitrogens with zero attached hydrogens (tertiary/aromatic N) is 1. The fourth-order valence-corrected chi connectivity index (χ4v) is 3.40. The van der Waals surface area contributed by atoms with Gasteiger partial charge in [0.25, 0.3) is 0 Å². The first-order valence-electron chi connectivity index (χ1n) is 7.92. The molecule has 0 N–H and O–H groups in total. The van der Waals surface area contributed by atoms with Crippen LogP contribution in [-0.2, 0) is 14.3 Å². The number of benzene rings is 2.